The van der Waals surface area contributed by atoms with Crippen molar-refractivity contribution in [3.8, 4) is 0 Å². The van der Waals surface area contributed by atoms with Crippen molar-refractivity contribution in [3.63, 3.8) is 0 Å². The van der Waals surface area contributed by atoms with E-state index in [1.807, 2.05) is 0 Å². The molecule has 6 heteroatoms. The zero-order valence-corrected chi connectivity index (χ0v) is 22.9. The van der Waals surface area contributed by atoms with Crippen LogP contribution >= 0.6 is 0 Å². The quantitative estimate of drug-likeness (QED) is 0.556. The Bertz CT molecular complexity index is 215. The van der Waals surface area contributed by atoms with Gasteiger partial charge in [0.25, 0.3) is 0 Å². The third-order valence-corrected chi connectivity index (χ3v) is 86.6. The van der Waals surface area contributed by atoms with Crippen LogP contribution in [0.15, 0.2) is 0 Å². The van der Waals surface area contributed by atoms with Crippen molar-refractivity contribution in [2.45, 2.75) is 75.3 Å². The Morgan fingerprint density at radius 3 is 0.889 bits per heavy atom. The molecule has 0 atom stereocenters. The van der Waals surface area contributed by atoms with Crippen molar-refractivity contribution in [2.75, 3.05) is 0 Å². The van der Waals surface area contributed by atoms with Gasteiger partial charge in [-0.3, -0.25) is 0 Å². The first kappa shape index (κ1) is 22.2. The van der Waals surface area contributed by atoms with E-state index in [-0.39, 0.29) is 37.8 Å². The molecule has 0 aromatic heterocycles. The maximum absolute atomic E-state index is 2.75. The molecule has 0 aromatic carbocycles. The fourth-order valence-corrected chi connectivity index (χ4v) is 88.6. The van der Waals surface area contributed by atoms with Gasteiger partial charge in [0, 0.05) is 38.0 Å². The van der Waals surface area contributed by atoms with Crippen molar-refractivity contribution >= 4 is 59.1 Å². The Morgan fingerprint density at radius 1 is 0.611 bits per heavy atom. The van der Waals surface area contributed by atoms with Crippen molar-refractivity contribution in [1.29, 1.82) is 0 Å². The topological polar surface area (TPSA) is 0 Å². The molecular formula is C12H36Si5Sn. The van der Waals surface area contributed by atoms with E-state index in [1.54, 1.807) is 0 Å². The van der Waals surface area contributed by atoms with Gasteiger partial charge in [-0.05, 0) is 0 Å². The summed E-state index contributed by atoms with van der Waals surface area (Å²) >= 11 is 0.230. The van der Waals surface area contributed by atoms with Crippen LogP contribution in [0.25, 0.3) is 0 Å². The molecule has 0 rings (SSSR count). The first-order valence-electron chi connectivity index (χ1n) is 7.00. The Morgan fingerprint density at radius 2 is 0.778 bits per heavy atom. The minimum atomic E-state index is -0.916. The fourth-order valence-electron chi connectivity index (χ4n) is 2.03. The molecule has 0 aliphatic heterocycles. The van der Waals surface area contributed by atoms with E-state index >= 15 is 0 Å². The number of hydrogen-bond donors (Lipinski definition) is 0. The van der Waals surface area contributed by atoms with E-state index < -0.39 is 21.3 Å². The van der Waals surface area contributed by atoms with Crippen LogP contribution in [0.5, 0.6) is 0 Å². The van der Waals surface area contributed by atoms with Gasteiger partial charge in [-0.25, -0.2) is 0 Å². The molecule has 0 spiro atoms. The van der Waals surface area contributed by atoms with Crippen molar-refractivity contribution in [1.82, 2.24) is 0 Å². The molecule has 0 saturated carbocycles. The van der Waals surface area contributed by atoms with Gasteiger partial charge in [-0.1, -0.05) is 65.5 Å². The molecule has 0 nitrogen and oxygen atoms in total. The standard InChI is InChI=1S/C10H30Si5.2CH3.Sn/c1-11(2)13(5,6)15(9,10)14(7,8)12(3)4;;;/h1-10H3;2*1H3;. The Labute approximate surface area is 133 Å². The summed E-state index contributed by atoms with van der Waals surface area (Å²) in [6, 6.07) is 0. The average Bonchev–Trinajstić information content (AvgIpc) is 2.17. The van der Waals surface area contributed by atoms with Crippen LogP contribution < -0.4 is 0 Å². The molecule has 0 bridgehead atoms. The van der Waals surface area contributed by atoms with Crippen molar-refractivity contribution in [2.24, 2.45) is 0 Å². The number of hydrogen-bond acceptors (Lipinski definition) is 0. The van der Waals surface area contributed by atoms with Gasteiger partial charge in [0.15, 0.2) is 0 Å². The molecule has 0 saturated heterocycles. The molecular weight excluding hydrogens is 403 g/mol. The fraction of sp³-hybridized carbons (Fsp3) is 1.00. The predicted molar refractivity (Wildman–Crippen MR) is 105 cm³/mol. The zero-order chi connectivity index (χ0) is 15.4. The summed E-state index contributed by atoms with van der Waals surface area (Å²) in [4.78, 5) is 4.59. The second kappa shape index (κ2) is 8.36. The minimum absolute atomic E-state index is 0.0316. The summed E-state index contributed by atoms with van der Waals surface area (Å²) in [5, 5.41) is 0. The van der Waals surface area contributed by atoms with E-state index in [2.05, 4.69) is 75.3 Å². The molecule has 18 heavy (non-hydrogen) atoms. The molecule has 0 N–H and O–H groups in total. The summed E-state index contributed by atoms with van der Waals surface area (Å²) in [7, 11) is -2.74. The SMILES string of the molecule is C[Si](C)[Si](C)(C)[Si](C)(C)[Si](C)(C)[Si](C)C.[CH3][Sn][CH3]. The summed E-state index contributed by atoms with van der Waals surface area (Å²) in [5.41, 5.74) is 0. The second-order valence-corrected chi connectivity index (χ2v) is 57.0. The molecule has 0 amide bonds. The van der Waals surface area contributed by atoms with Gasteiger partial charge in [0.05, 0.1) is 0 Å². The van der Waals surface area contributed by atoms with Crippen molar-refractivity contribution < 1.29 is 0 Å². The van der Waals surface area contributed by atoms with Crippen LogP contribution in [-0.2, 0) is 0 Å². The van der Waals surface area contributed by atoms with Crippen LogP contribution in [0, 0.1) is 0 Å². The molecule has 0 aliphatic rings. The van der Waals surface area contributed by atoms with E-state index in [0.717, 1.165) is 0 Å². The van der Waals surface area contributed by atoms with E-state index in [1.165, 1.54) is 0 Å². The summed E-state index contributed by atoms with van der Waals surface area (Å²) < 4.78 is 0. The van der Waals surface area contributed by atoms with Gasteiger partial charge in [-0.2, -0.15) is 0 Å². The van der Waals surface area contributed by atoms with Gasteiger partial charge in [0.2, 0.25) is 0 Å². The first-order valence-corrected chi connectivity index (χ1v) is 30.7. The zero-order valence-electron chi connectivity index (χ0n) is 15.0. The van der Waals surface area contributed by atoms with Crippen molar-refractivity contribution in [3.05, 3.63) is 0 Å². The summed E-state index contributed by atoms with van der Waals surface area (Å²) in [6.45, 7) is 26.7. The summed E-state index contributed by atoms with van der Waals surface area (Å²) in [6.07, 6.45) is 0. The van der Waals surface area contributed by atoms with Crippen LogP contribution in [-0.4, -0.2) is 59.1 Å². The van der Waals surface area contributed by atoms with Gasteiger partial charge < -0.3 is 0 Å². The molecule has 0 aromatic rings. The normalized spacial score (nSPS) is 13.7. The third-order valence-electron chi connectivity index (χ3n) is 5.62. The first-order chi connectivity index (χ1) is 7.80. The summed E-state index contributed by atoms with van der Waals surface area (Å²) in [5.74, 6) is 0. The molecule has 0 fully saturated rings. The van der Waals surface area contributed by atoms with E-state index in [9.17, 15) is 0 Å². The Kier molecular flexibility index (Phi) is 10.3. The molecule has 0 heterocycles. The molecule has 4 radical (unpaired) electrons. The number of rotatable bonds is 4. The predicted octanol–water partition coefficient (Wildman–Crippen LogP) is 4.72. The van der Waals surface area contributed by atoms with Crippen LogP contribution in [0.2, 0.25) is 75.3 Å². The second-order valence-electron chi connectivity index (χ2n) is 7.38. The van der Waals surface area contributed by atoms with Crippen LogP contribution in [0.3, 0.4) is 0 Å². The Balaban J connectivity index is 0. The van der Waals surface area contributed by atoms with Gasteiger partial charge in [0.1, 0.15) is 0 Å². The Hall–Kier alpha value is 1.88. The van der Waals surface area contributed by atoms with Crippen LogP contribution in [0.1, 0.15) is 0 Å². The third kappa shape index (κ3) is 5.01. The average molecular weight is 440 g/mol. The molecule has 0 unspecified atom stereocenters. The van der Waals surface area contributed by atoms with Gasteiger partial charge in [-0.15, -0.1) is 0 Å². The van der Waals surface area contributed by atoms with Gasteiger partial charge >= 0.3 is 31.0 Å². The van der Waals surface area contributed by atoms with E-state index in [4.69, 9.17) is 0 Å². The molecule has 108 valence electrons. The molecule has 0 aliphatic carbocycles. The monoisotopic (exact) mass is 440 g/mol. The maximum atomic E-state index is 2.75. The van der Waals surface area contributed by atoms with Crippen LogP contribution in [0.4, 0.5) is 0 Å². The van der Waals surface area contributed by atoms with E-state index in [0.29, 0.717) is 0 Å².